The Hall–Kier alpha value is -2.07. The van der Waals surface area contributed by atoms with Gasteiger partial charge in [0.05, 0.1) is 18.2 Å². The van der Waals surface area contributed by atoms with Crippen LogP contribution in [0.2, 0.25) is 0 Å². The molecule has 1 saturated heterocycles. The van der Waals surface area contributed by atoms with Crippen LogP contribution in [0.25, 0.3) is 0 Å². The molecule has 0 bridgehead atoms. The fourth-order valence-electron chi connectivity index (χ4n) is 2.83. The number of nitrogens with two attached hydrogens (primary N) is 1. The first-order valence-electron chi connectivity index (χ1n) is 7.44. The molecular weight excluding hydrogens is 356 g/mol. The first kappa shape index (κ1) is 19.3. The lowest BCUT2D eigenvalue weighted by Gasteiger charge is -2.36. The smallest absolute Gasteiger partial charge is 0.324 e. The summed E-state index contributed by atoms with van der Waals surface area (Å²) >= 11 is 0. The quantitative estimate of drug-likeness (QED) is 0.807. The van der Waals surface area contributed by atoms with Crippen molar-refractivity contribution in [3.8, 4) is 0 Å². The van der Waals surface area contributed by atoms with E-state index in [1.54, 1.807) is 13.8 Å². The van der Waals surface area contributed by atoms with Gasteiger partial charge in [-0.1, -0.05) is 19.9 Å². The van der Waals surface area contributed by atoms with Crippen molar-refractivity contribution < 1.29 is 26.8 Å². The van der Waals surface area contributed by atoms with Gasteiger partial charge in [-0.2, -0.15) is 0 Å². The maximum atomic E-state index is 13.8. The summed E-state index contributed by atoms with van der Waals surface area (Å²) < 4.78 is 49.3. The van der Waals surface area contributed by atoms with E-state index in [2.05, 4.69) is 5.32 Å². The first-order chi connectivity index (χ1) is 11.4. The zero-order chi connectivity index (χ0) is 19.0. The van der Waals surface area contributed by atoms with Gasteiger partial charge in [-0.05, 0) is 11.5 Å². The number of nitrogens with zero attached hydrogens (tertiary/aromatic N) is 1. The third-order valence-corrected chi connectivity index (χ3v) is 4.92. The third-order valence-electron chi connectivity index (χ3n) is 3.74. The zero-order valence-corrected chi connectivity index (χ0v) is 14.6. The minimum atomic E-state index is -3.79. The Bertz CT molecular complexity index is 793. The Morgan fingerprint density at radius 2 is 1.96 bits per heavy atom. The van der Waals surface area contributed by atoms with Crippen LogP contribution in [-0.4, -0.2) is 37.6 Å². The van der Waals surface area contributed by atoms with Crippen LogP contribution in [0.3, 0.4) is 0 Å². The number of imide groups is 1. The van der Waals surface area contributed by atoms with E-state index < -0.39 is 50.8 Å². The van der Waals surface area contributed by atoms with Crippen LogP contribution >= 0.6 is 0 Å². The number of benzene rings is 1. The summed E-state index contributed by atoms with van der Waals surface area (Å²) in [7, 11) is -3.79. The SMILES string of the molecule is CC(C)(CN1C(=O)CC(c2ccc(F)cc2F)NC1=O)CS(N)(=O)=O. The molecular formula is C15H19F2N3O4S. The van der Waals surface area contributed by atoms with Crippen LogP contribution in [0.5, 0.6) is 0 Å². The molecule has 0 aromatic heterocycles. The van der Waals surface area contributed by atoms with E-state index in [1.165, 1.54) is 6.07 Å². The average molecular weight is 375 g/mol. The highest BCUT2D eigenvalue weighted by Crippen LogP contribution is 2.27. The average Bonchev–Trinajstić information content (AvgIpc) is 2.40. The monoisotopic (exact) mass is 375 g/mol. The van der Waals surface area contributed by atoms with Gasteiger partial charge < -0.3 is 5.32 Å². The van der Waals surface area contributed by atoms with Gasteiger partial charge in [-0.15, -0.1) is 0 Å². The topological polar surface area (TPSA) is 110 Å². The molecule has 138 valence electrons. The molecule has 0 radical (unpaired) electrons. The molecule has 1 aromatic carbocycles. The van der Waals surface area contributed by atoms with Crippen molar-refractivity contribution in [2.75, 3.05) is 12.3 Å². The van der Waals surface area contributed by atoms with Crippen LogP contribution in [0, 0.1) is 17.0 Å². The van der Waals surface area contributed by atoms with Gasteiger partial charge >= 0.3 is 6.03 Å². The number of primary sulfonamides is 1. The number of sulfonamides is 1. The van der Waals surface area contributed by atoms with Gasteiger partial charge in [-0.25, -0.2) is 27.1 Å². The second kappa shape index (κ2) is 6.68. The van der Waals surface area contributed by atoms with Crippen molar-refractivity contribution in [1.29, 1.82) is 0 Å². The summed E-state index contributed by atoms with van der Waals surface area (Å²) in [5.74, 6) is -2.62. The van der Waals surface area contributed by atoms with Gasteiger partial charge in [0.15, 0.2) is 0 Å². The Morgan fingerprint density at radius 3 is 2.48 bits per heavy atom. The number of amides is 3. The van der Waals surface area contributed by atoms with Gasteiger partial charge in [0.2, 0.25) is 15.9 Å². The summed E-state index contributed by atoms with van der Waals surface area (Å²) in [6.07, 6.45) is -0.222. The van der Waals surface area contributed by atoms with Crippen LogP contribution in [0.15, 0.2) is 18.2 Å². The molecule has 1 aromatic rings. The number of carbonyl (C=O) groups is 2. The molecule has 1 fully saturated rings. The lowest BCUT2D eigenvalue weighted by molar-refractivity contribution is -0.131. The van der Waals surface area contributed by atoms with Crippen molar-refractivity contribution in [2.45, 2.75) is 26.3 Å². The predicted octanol–water partition coefficient (Wildman–Crippen LogP) is 1.26. The molecule has 1 aliphatic rings. The second-order valence-corrected chi connectivity index (χ2v) is 8.44. The zero-order valence-electron chi connectivity index (χ0n) is 13.8. The number of hydrogen-bond donors (Lipinski definition) is 2. The van der Waals surface area contributed by atoms with Crippen LogP contribution in [0.4, 0.5) is 13.6 Å². The summed E-state index contributed by atoms with van der Waals surface area (Å²) in [6, 6.07) is 1.19. The van der Waals surface area contributed by atoms with Gasteiger partial charge in [0.25, 0.3) is 0 Å². The molecule has 1 aliphatic heterocycles. The Balaban J connectivity index is 2.15. The molecule has 1 unspecified atom stereocenters. The molecule has 0 spiro atoms. The summed E-state index contributed by atoms with van der Waals surface area (Å²) in [5.41, 5.74) is -0.944. The fraction of sp³-hybridized carbons (Fsp3) is 0.467. The van der Waals surface area contributed by atoms with E-state index in [0.717, 1.165) is 11.0 Å². The van der Waals surface area contributed by atoms with Crippen molar-refractivity contribution in [3.05, 3.63) is 35.4 Å². The van der Waals surface area contributed by atoms with Gasteiger partial charge in [0.1, 0.15) is 11.6 Å². The third kappa shape index (κ3) is 4.95. The minimum absolute atomic E-state index is 0.00606. The molecule has 2 rings (SSSR count). The number of halogens is 2. The van der Waals surface area contributed by atoms with Crippen LogP contribution in [0.1, 0.15) is 31.9 Å². The highest BCUT2D eigenvalue weighted by molar-refractivity contribution is 7.89. The normalized spacial score (nSPS) is 19.1. The Morgan fingerprint density at radius 1 is 1.32 bits per heavy atom. The Kier molecular flexibility index (Phi) is 5.14. The predicted molar refractivity (Wildman–Crippen MR) is 85.7 cm³/mol. The molecule has 10 heteroatoms. The van der Waals surface area contributed by atoms with E-state index in [9.17, 15) is 26.8 Å². The highest BCUT2D eigenvalue weighted by Gasteiger charge is 2.38. The van der Waals surface area contributed by atoms with Crippen LogP contribution < -0.4 is 10.5 Å². The van der Waals surface area contributed by atoms with Crippen molar-refractivity contribution in [3.63, 3.8) is 0 Å². The standard InChI is InChI=1S/C15H19F2N3O4S/c1-15(2,8-25(18,23)24)7-20-13(21)6-12(19-14(20)22)10-4-3-9(16)5-11(10)17/h3-5,12H,6-8H2,1-2H3,(H,19,22)(H2,18,23,24). The largest absolute Gasteiger partial charge is 0.330 e. The first-order valence-corrected chi connectivity index (χ1v) is 9.16. The second-order valence-electron chi connectivity index (χ2n) is 6.82. The van der Waals surface area contributed by atoms with Crippen LogP contribution in [-0.2, 0) is 14.8 Å². The molecule has 0 saturated carbocycles. The lowest BCUT2D eigenvalue weighted by Crippen LogP contribution is -2.54. The molecule has 25 heavy (non-hydrogen) atoms. The summed E-state index contributed by atoms with van der Waals surface area (Å²) in [5, 5.41) is 7.50. The Labute approximate surface area is 144 Å². The molecule has 0 aliphatic carbocycles. The van der Waals surface area contributed by atoms with E-state index >= 15 is 0 Å². The van der Waals surface area contributed by atoms with E-state index in [-0.39, 0.29) is 18.5 Å². The fourth-order valence-corrected chi connectivity index (χ4v) is 4.01. The molecule has 7 nitrogen and oxygen atoms in total. The van der Waals surface area contributed by atoms with Crippen molar-refractivity contribution >= 4 is 22.0 Å². The molecule has 3 N–H and O–H groups in total. The minimum Gasteiger partial charge on any atom is -0.330 e. The molecule has 1 heterocycles. The van der Waals surface area contributed by atoms with E-state index in [4.69, 9.17) is 5.14 Å². The maximum Gasteiger partial charge on any atom is 0.324 e. The van der Waals surface area contributed by atoms with E-state index in [0.29, 0.717) is 6.07 Å². The molecule has 3 amide bonds. The van der Waals surface area contributed by atoms with Gasteiger partial charge in [-0.3, -0.25) is 9.69 Å². The van der Waals surface area contributed by atoms with Crippen molar-refractivity contribution in [2.24, 2.45) is 10.6 Å². The molecule has 1 atom stereocenters. The van der Waals surface area contributed by atoms with Crippen molar-refractivity contribution in [1.82, 2.24) is 10.2 Å². The van der Waals surface area contributed by atoms with Gasteiger partial charge in [0, 0.05) is 18.2 Å². The number of urea groups is 1. The highest BCUT2D eigenvalue weighted by atomic mass is 32.2. The number of hydrogen-bond acceptors (Lipinski definition) is 4. The number of nitrogens with one attached hydrogen (secondary N) is 1. The van der Waals surface area contributed by atoms with E-state index in [1.807, 2.05) is 0 Å². The number of carbonyl (C=O) groups excluding carboxylic acids is 2. The lowest BCUT2D eigenvalue weighted by atomic mass is 9.94. The summed E-state index contributed by atoms with van der Waals surface area (Å²) in [6.45, 7) is 2.96. The number of rotatable bonds is 5. The summed E-state index contributed by atoms with van der Waals surface area (Å²) in [4.78, 5) is 25.4. The maximum absolute atomic E-state index is 13.8.